The molecule has 1 aromatic heterocycles. The number of hydrogen-bond acceptors (Lipinski definition) is 7. The zero-order valence-electron chi connectivity index (χ0n) is 21.6. The van der Waals surface area contributed by atoms with E-state index in [1.54, 1.807) is 11.8 Å². The van der Waals surface area contributed by atoms with Crippen LogP contribution in [0.15, 0.2) is 29.2 Å². The summed E-state index contributed by atoms with van der Waals surface area (Å²) in [4.78, 5) is 40.4. The normalized spacial score (nSPS) is 20.3. The molecular weight excluding hydrogens is 514 g/mol. The molecule has 9 nitrogen and oxygen atoms in total. The zero-order chi connectivity index (χ0) is 26.9. The van der Waals surface area contributed by atoms with E-state index in [1.807, 2.05) is 0 Å². The van der Waals surface area contributed by atoms with Crippen molar-refractivity contribution in [3.05, 3.63) is 45.8 Å². The molecule has 0 saturated carbocycles. The second kappa shape index (κ2) is 10.9. The summed E-state index contributed by atoms with van der Waals surface area (Å²) < 4.78 is 33.1. The third kappa shape index (κ3) is 5.73. The van der Waals surface area contributed by atoms with Crippen LogP contribution in [-0.4, -0.2) is 61.6 Å². The fourth-order valence-corrected chi connectivity index (χ4v) is 8.01. The molecular formula is C26H33N3O6S2. The number of amides is 2. The van der Waals surface area contributed by atoms with Gasteiger partial charge < -0.3 is 15.0 Å². The van der Waals surface area contributed by atoms with Gasteiger partial charge in [-0.1, -0.05) is 13.8 Å². The van der Waals surface area contributed by atoms with Crippen LogP contribution in [-0.2, 0) is 32.5 Å². The molecule has 2 atom stereocenters. The minimum Gasteiger partial charge on any atom is -0.462 e. The van der Waals surface area contributed by atoms with Crippen LogP contribution in [0.2, 0.25) is 0 Å². The summed E-state index contributed by atoms with van der Waals surface area (Å²) >= 11 is 1.26. The summed E-state index contributed by atoms with van der Waals surface area (Å²) in [5.41, 5.74) is 1.39. The van der Waals surface area contributed by atoms with E-state index in [0.29, 0.717) is 43.2 Å². The van der Waals surface area contributed by atoms with Crippen molar-refractivity contribution in [1.82, 2.24) is 9.21 Å². The second-order valence-electron chi connectivity index (χ2n) is 9.87. The molecule has 1 aromatic carbocycles. The van der Waals surface area contributed by atoms with E-state index in [-0.39, 0.29) is 34.8 Å². The smallest absolute Gasteiger partial charge is 0.341 e. The van der Waals surface area contributed by atoms with E-state index in [9.17, 15) is 22.8 Å². The summed E-state index contributed by atoms with van der Waals surface area (Å²) in [6.07, 6.45) is 1.49. The number of nitrogens with zero attached hydrogens (tertiary/aromatic N) is 2. The molecule has 2 aliphatic heterocycles. The Balaban J connectivity index is 1.56. The number of carbonyl (C=O) groups excluding carboxylic acids is 3. The lowest BCUT2D eigenvalue weighted by atomic mass is 9.94. The Morgan fingerprint density at radius 1 is 1.11 bits per heavy atom. The number of benzene rings is 1. The number of nitrogens with one attached hydrogen (secondary N) is 1. The first-order valence-corrected chi connectivity index (χ1v) is 14.8. The molecule has 0 aliphatic carbocycles. The van der Waals surface area contributed by atoms with Gasteiger partial charge in [0.2, 0.25) is 15.9 Å². The third-order valence-electron chi connectivity index (χ3n) is 6.80. The van der Waals surface area contributed by atoms with Crippen molar-refractivity contribution >= 4 is 44.1 Å². The Morgan fingerprint density at radius 3 is 2.35 bits per heavy atom. The van der Waals surface area contributed by atoms with Crippen molar-refractivity contribution in [2.75, 3.05) is 31.6 Å². The van der Waals surface area contributed by atoms with Crippen molar-refractivity contribution in [1.29, 1.82) is 0 Å². The Labute approximate surface area is 221 Å². The van der Waals surface area contributed by atoms with Gasteiger partial charge in [0, 0.05) is 37.0 Å². The predicted molar refractivity (Wildman–Crippen MR) is 141 cm³/mol. The van der Waals surface area contributed by atoms with E-state index in [1.165, 1.54) is 46.8 Å². The minimum atomic E-state index is -3.66. The number of fused-ring (bicyclic) bond motifs is 1. The molecule has 37 heavy (non-hydrogen) atoms. The van der Waals surface area contributed by atoms with Gasteiger partial charge >= 0.3 is 5.97 Å². The standard InChI is InChI=1S/C26H33N3O6S2/c1-5-35-26(32)23-21-10-11-28(18(4)30)15-22(21)36-25(23)27-24(31)19-6-8-20(9-7-19)37(33,34)29-13-16(2)12-17(3)14-29/h6-9,16-17H,5,10-15H2,1-4H3,(H,27,31)/t16-,17+. The number of sulfonamides is 1. The molecule has 2 aliphatic rings. The molecule has 0 radical (unpaired) electrons. The van der Waals surface area contributed by atoms with Crippen molar-refractivity contribution in [2.45, 2.75) is 52.0 Å². The first-order valence-electron chi connectivity index (χ1n) is 12.5. The van der Waals surface area contributed by atoms with Crippen LogP contribution < -0.4 is 5.32 Å². The highest BCUT2D eigenvalue weighted by Gasteiger charge is 2.33. The Bertz CT molecular complexity index is 1290. The average Bonchev–Trinajstić information content (AvgIpc) is 3.20. The summed E-state index contributed by atoms with van der Waals surface area (Å²) in [6.45, 7) is 9.34. The fraction of sp³-hybridized carbons (Fsp3) is 0.500. The molecule has 1 fully saturated rings. The van der Waals surface area contributed by atoms with Crippen LogP contribution in [0.4, 0.5) is 5.00 Å². The molecule has 3 heterocycles. The van der Waals surface area contributed by atoms with Gasteiger partial charge in [-0.3, -0.25) is 9.59 Å². The highest BCUT2D eigenvalue weighted by molar-refractivity contribution is 7.89. The van der Waals surface area contributed by atoms with Crippen LogP contribution in [0.5, 0.6) is 0 Å². The lowest BCUT2D eigenvalue weighted by Gasteiger charge is -2.34. The van der Waals surface area contributed by atoms with E-state index in [0.717, 1.165) is 16.9 Å². The van der Waals surface area contributed by atoms with Gasteiger partial charge in [0.25, 0.3) is 5.91 Å². The highest BCUT2D eigenvalue weighted by Crippen LogP contribution is 2.38. The first kappa shape index (κ1) is 27.3. The molecule has 0 spiro atoms. The number of hydrogen-bond donors (Lipinski definition) is 1. The van der Waals surface area contributed by atoms with E-state index < -0.39 is 21.9 Å². The van der Waals surface area contributed by atoms with E-state index >= 15 is 0 Å². The number of ether oxygens (including phenoxy) is 1. The largest absolute Gasteiger partial charge is 0.462 e. The van der Waals surface area contributed by atoms with Gasteiger partial charge in [0.1, 0.15) is 5.00 Å². The zero-order valence-corrected chi connectivity index (χ0v) is 23.2. The maximum atomic E-state index is 13.2. The van der Waals surface area contributed by atoms with Crippen molar-refractivity contribution < 1.29 is 27.5 Å². The van der Waals surface area contributed by atoms with Crippen LogP contribution in [0.1, 0.15) is 65.3 Å². The lowest BCUT2D eigenvalue weighted by Crippen LogP contribution is -2.42. The molecule has 4 rings (SSSR count). The van der Waals surface area contributed by atoms with Gasteiger partial charge in [-0.25, -0.2) is 13.2 Å². The van der Waals surface area contributed by atoms with Crippen molar-refractivity contribution in [3.63, 3.8) is 0 Å². The maximum absolute atomic E-state index is 13.2. The van der Waals surface area contributed by atoms with Crippen LogP contribution >= 0.6 is 11.3 Å². The molecule has 1 N–H and O–H groups in total. The molecule has 0 bridgehead atoms. The average molecular weight is 548 g/mol. The molecule has 2 amide bonds. The second-order valence-corrected chi connectivity index (χ2v) is 12.9. The molecule has 1 saturated heterocycles. The summed E-state index contributed by atoms with van der Waals surface area (Å²) in [7, 11) is -3.66. The highest BCUT2D eigenvalue weighted by atomic mass is 32.2. The van der Waals surface area contributed by atoms with Crippen LogP contribution in [0.25, 0.3) is 0 Å². The quantitative estimate of drug-likeness (QED) is 0.551. The van der Waals surface area contributed by atoms with Crippen molar-refractivity contribution in [3.8, 4) is 0 Å². The van der Waals surface area contributed by atoms with Crippen molar-refractivity contribution in [2.24, 2.45) is 11.8 Å². The van der Waals surface area contributed by atoms with Crippen LogP contribution in [0.3, 0.4) is 0 Å². The molecule has 11 heteroatoms. The van der Waals surface area contributed by atoms with Gasteiger partial charge in [-0.2, -0.15) is 4.31 Å². The minimum absolute atomic E-state index is 0.0502. The topological polar surface area (TPSA) is 113 Å². The Hall–Kier alpha value is -2.76. The van der Waals surface area contributed by atoms with Gasteiger partial charge in [0.15, 0.2) is 0 Å². The Kier molecular flexibility index (Phi) is 8.05. The molecule has 0 unspecified atom stereocenters. The number of rotatable bonds is 6. The van der Waals surface area contributed by atoms with Gasteiger partial charge in [-0.05, 0) is 61.4 Å². The third-order valence-corrected chi connectivity index (χ3v) is 9.78. The lowest BCUT2D eigenvalue weighted by molar-refractivity contribution is -0.129. The summed E-state index contributed by atoms with van der Waals surface area (Å²) in [6, 6.07) is 5.86. The summed E-state index contributed by atoms with van der Waals surface area (Å²) in [5.74, 6) is -0.451. The number of carbonyl (C=O) groups is 3. The SMILES string of the molecule is CCOC(=O)c1c(NC(=O)c2ccc(S(=O)(=O)N3C[C@H](C)C[C@H](C)C3)cc2)sc2c1CCN(C(C)=O)C2. The number of anilines is 1. The number of piperidine rings is 1. The number of thiophene rings is 1. The van der Waals surface area contributed by atoms with Crippen LogP contribution in [0, 0.1) is 11.8 Å². The van der Waals surface area contributed by atoms with Gasteiger partial charge in [-0.15, -0.1) is 11.3 Å². The van der Waals surface area contributed by atoms with E-state index in [2.05, 4.69) is 19.2 Å². The fourth-order valence-electron chi connectivity index (χ4n) is 5.08. The number of esters is 1. The van der Waals surface area contributed by atoms with E-state index in [4.69, 9.17) is 4.74 Å². The monoisotopic (exact) mass is 547 g/mol. The molecule has 200 valence electrons. The summed E-state index contributed by atoms with van der Waals surface area (Å²) in [5, 5.41) is 3.18. The molecule has 2 aromatic rings. The predicted octanol–water partition coefficient (Wildman–Crippen LogP) is 3.75. The first-order chi connectivity index (χ1) is 17.5. The van der Waals surface area contributed by atoms with Gasteiger partial charge in [0.05, 0.1) is 23.6 Å². The Morgan fingerprint density at radius 2 is 1.76 bits per heavy atom. The maximum Gasteiger partial charge on any atom is 0.341 e.